The highest BCUT2D eigenvalue weighted by atomic mass is 35.5. The summed E-state index contributed by atoms with van der Waals surface area (Å²) >= 11 is 5.98. The van der Waals surface area contributed by atoms with Gasteiger partial charge in [-0.15, -0.1) is 0 Å². The van der Waals surface area contributed by atoms with Crippen LogP contribution in [0.3, 0.4) is 0 Å². The van der Waals surface area contributed by atoms with E-state index in [1.54, 1.807) is 0 Å². The van der Waals surface area contributed by atoms with Crippen molar-refractivity contribution >= 4 is 22.5 Å². The number of nitrogens with two attached hydrogens (primary N) is 2. The molecule has 0 unspecified atom stereocenters. The van der Waals surface area contributed by atoms with E-state index in [-0.39, 0.29) is 16.7 Å². The van der Waals surface area contributed by atoms with Crippen molar-refractivity contribution in [2.75, 3.05) is 12.5 Å². The van der Waals surface area contributed by atoms with Crippen LogP contribution in [0.15, 0.2) is 47.3 Å². The lowest BCUT2D eigenvalue weighted by Crippen LogP contribution is -2.67. The first-order valence-electron chi connectivity index (χ1n) is 9.23. The molecular weight excluding hydrogens is 475 g/mol. The molecule has 2 aromatic carbocycles. The fraction of sp³-hybridized carbons (Fsp3) is 0.250. The van der Waals surface area contributed by atoms with Gasteiger partial charge in [-0.1, -0.05) is 17.7 Å². The van der Waals surface area contributed by atoms with E-state index in [4.69, 9.17) is 27.8 Å². The molecule has 0 aliphatic rings. The number of methoxy groups -OCH3 is 1. The molecule has 1 aromatic heterocycles. The number of alkyl halides is 3. The number of hydrogen-bond donors (Lipinski definition) is 4. The van der Waals surface area contributed by atoms with E-state index < -0.39 is 51.8 Å². The predicted octanol–water partition coefficient (Wildman–Crippen LogP) is 2.76. The zero-order valence-corrected chi connectivity index (χ0v) is 17.6. The molecule has 2 atom stereocenters. The molecule has 0 bridgehead atoms. The third kappa shape index (κ3) is 4.22. The van der Waals surface area contributed by atoms with Gasteiger partial charge in [-0.2, -0.15) is 13.2 Å². The summed E-state index contributed by atoms with van der Waals surface area (Å²) < 4.78 is 76.1. The van der Waals surface area contributed by atoms with Crippen molar-refractivity contribution in [3.8, 4) is 5.75 Å². The van der Waals surface area contributed by atoms with Gasteiger partial charge < -0.3 is 26.7 Å². The molecule has 0 fully saturated rings. The number of ether oxygens (including phenoxy) is 1. The Bertz CT molecular complexity index is 1250. The molecule has 7 nitrogen and oxygen atoms in total. The minimum Gasteiger partial charge on any atom is -0.494 e. The summed E-state index contributed by atoms with van der Waals surface area (Å²) in [5.74, 6) is -2.41. The van der Waals surface area contributed by atoms with Gasteiger partial charge in [0.1, 0.15) is 11.9 Å². The van der Waals surface area contributed by atoms with Gasteiger partial charge in [0, 0.05) is 23.1 Å². The Morgan fingerprint density at radius 3 is 2.33 bits per heavy atom. The van der Waals surface area contributed by atoms with Gasteiger partial charge in [0.15, 0.2) is 11.6 Å². The van der Waals surface area contributed by atoms with Crippen LogP contribution in [0.25, 0.3) is 10.9 Å². The largest absolute Gasteiger partial charge is 0.494 e. The SMILES string of the molecule is COc1ccc([C@H](Nn2c(=O)ccc3ccc(F)cc32)[C@@](O)(C(N)N)C(F)(F)F)c(Cl)c1F. The summed E-state index contributed by atoms with van der Waals surface area (Å²) in [6, 6.07) is 5.04. The number of pyridine rings is 1. The van der Waals surface area contributed by atoms with Crippen molar-refractivity contribution in [1.82, 2.24) is 4.68 Å². The van der Waals surface area contributed by atoms with Gasteiger partial charge in [0.2, 0.25) is 5.60 Å². The van der Waals surface area contributed by atoms with Crippen molar-refractivity contribution in [3.05, 3.63) is 75.0 Å². The molecule has 0 radical (unpaired) electrons. The Kier molecular flexibility index (Phi) is 6.58. The molecule has 0 amide bonds. The number of nitrogens with zero attached hydrogens (tertiary/aromatic N) is 1. The minimum absolute atomic E-state index is 0.173. The van der Waals surface area contributed by atoms with Crippen molar-refractivity contribution in [1.29, 1.82) is 0 Å². The average molecular weight is 493 g/mol. The fourth-order valence-electron chi connectivity index (χ4n) is 3.35. The zero-order chi connectivity index (χ0) is 24.7. The van der Waals surface area contributed by atoms with Crippen molar-refractivity contribution in [3.63, 3.8) is 0 Å². The maximum Gasteiger partial charge on any atom is 0.422 e. The standard InChI is InChI=1S/C20H18ClF5N4O3/c1-33-13-6-5-11(15(21)16(13)23)17(19(32,18(27)28)20(24,25)26)29-30-12-8-10(22)4-2-9(12)3-7-14(30)31/h2-8,17-18,29,32H,27-28H2,1H3/t17-,19+/m0/s1. The van der Waals surface area contributed by atoms with E-state index in [2.05, 4.69) is 5.43 Å². The van der Waals surface area contributed by atoms with Crippen molar-refractivity contribution < 1.29 is 31.8 Å². The molecule has 0 aliphatic heterocycles. The Balaban J connectivity index is 2.34. The second-order valence-electron chi connectivity index (χ2n) is 7.11. The molecule has 0 spiro atoms. The number of rotatable bonds is 6. The fourth-order valence-corrected chi connectivity index (χ4v) is 3.61. The van der Waals surface area contributed by atoms with E-state index in [0.717, 1.165) is 37.4 Å². The minimum atomic E-state index is -5.49. The summed E-state index contributed by atoms with van der Waals surface area (Å²) in [7, 11) is 1.11. The molecule has 1 heterocycles. The highest BCUT2D eigenvalue weighted by molar-refractivity contribution is 6.31. The molecular formula is C20H18ClF5N4O3. The van der Waals surface area contributed by atoms with Crippen LogP contribution in [0, 0.1) is 11.6 Å². The number of benzene rings is 2. The molecule has 0 aliphatic carbocycles. The monoisotopic (exact) mass is 492 g/mol. The Labute approximate surface area is 188 Å². The topological polar surface area (TPSA) is 116 Å². The van der Waals surface area contributed by atoms with E-state index >= 15 is 0 Å². The number of aliphatic hydroxyl groups is 1. The average Bonchev–Trinajstić information content (AvgIpc) is 2.74. The molecule has 3 rings (SSSR count). The molecule has 3 aromatic rings. The lowest BCUT2D eigenvalue weighted by atomic mass is 9.85. The first-order chi connectivity index (χ1) is 15.3. The number of hydrogen-bond acceptors (Lipinski definition) is 6. The van der Waals surface area contributed by atoms with E-state index in [1.807, 2.05) is 0 Å². The number of nitrogens with one attached hydrogen (secondary N) is 1. The van der Waals surface area contributed by atoms with Gasteiger partial charge in [-0.05, 0) is 24.3 Å². The third-order valence-corrected chi connectivity index (χ3v) is 5.51. The Hall–Kier alpha value is -2.93. The second-order valence-corrected chi connectivity index (χ2v) is 7.48. The number of aromatic nitrogens is 1. The second kappa shape index (κ2) is 8.78. The molecule has 6 N–H and O–H groups in total. The summed E-state index contributed by atoms with van der Waals surface area (Å²) in [5, 5.41) is 10.1. The third-order valence-electron chi connectivity index (χ3n) is 5.13. The van der Waals surface area contributed by atoms with Crippen LogP contribution in [0.2, 0.25) is 5.02 Å². The summed E-state index contributed by atoms with van der Waals surface area (Å²) in [4.78, 5) is 12.5. The maximum absolute atomic E-state index is 14.6. The molecule has 13 heteroatoms. The number of halogens is 6. The van der Waals surface area contributed by atoms with Crippen LogP contribution in [-0.2, 0) is 0 Å². The Morgan fingerprint density at radius 2 is 1.76 bits per heavy atom. The first kappa shape index (κ1) is 24.7. The lowest BCUT2D eigenvalue weighted by Gasteiger charge is -2.41. The molecule has 0 saturated carbocycles. The predicted molar refractivity (Wildman–Crippen MR) is 111 cm³/mol. The molecule has 0 saturated heterocycles. The highest BCUT2D eigenvalue weighted by Gasteiger charge is 2.63. The van der Waals surface area contributed by atoms with Gasteiger partial charge in [-0.3, -0.25) is 4.79 Å². The van der Waals surface area contributed by atoms with Crippen LogP contribution in [0.5, 0.6) is 5.75 Å². The lowest BCUT2D eigenvalue weighted by molar-refractivity contribution is -0.274. The smallest absolute Gasteiger partial charge is 0.422 e. The first-order valence-corrected chi connectivity index (χ1v) is 9.60. The van der Waals surface area contributed by atoms with Crippen LogP contribution < -0.4 is 27.2 Å². The van der Waals surface area contributed by atoms with Crippen LogP contribution >= 0.6 is 11.6 Å². The van der Waals surface area contributed by atoms with Crippen LogP contribution in [0.1, 0.15) is 11.6 Å². The van der Waals surface area contributed by atoms with E-state index in [1.165, 1.54) is 12.1 Å². The van der Waals surface area contributed by atoms with Crippen molar-refractivity contribution in [2.45, 2.75) is 24.0 Å². The Morgan fingerprint density at radius 1 is 1.12 bits per heavy atom. The van der Waals surface area contributed by atoms with Gasteiger partial charge in [-0.25, -0.2) is 13.5 Å². The maximum atomic E-state index is 14.6. The summed E-state index contributed by atoms with van der Waals surface area (Å²) in [6.07, 6.45) is -7.96. The van der Waals surface area contributed by atoms with Crippen molar-refractivity contribution in [2.24, 2.45) is 11.5 Å². The highest BCUT2D eigenvalue weighted by Crippen LogP contribution is 2.44. The zero-order valence-electron chi connectivity index (χ0n) is 16.8. The normalized spacial score (nSPS) is 14.9. The van der Waals surface area contributed by atoms with Crippen LogP contribution in [0.4, 0.5) is 22.0 Å². The molecule has 33 heavy (non-hydrogen) atoms. The molecule has 178 valence electrons. The van der Waals surface area contributed by atoms with E-state index in [0.29, 0.717) is 4.68 Å². The number of fused-ring (bicyclic) bond motifs is 1. The van der Waals surface area contributed by atoms with Crippen LogP contribution in [-0.4, -0.2) is 34.8 Å². The van der Waals surface area contributed by atoms with Gasteiger partial charge in [0.05, 0.1) is 23.8 Å². The summed E-state index contributed by atoms with van der Waals surface area (Å²) in [5.41, 5.74) is 7.14. The van der Waals surface area contributed by atoms with Gasteiger partial charge >= 0.3 is 6.18 Å². The summed E-state index contributed by atoms with van der Waals surface area (Å²) in [6.45, 7) is 0. The van der Waals surface area contributed by atoms with Gasteiger partial charge in [0.25, 0.3) is 5.56 Å². The van der Waals surface area contributed by atoms with E-state index in [9.17, 15) is 31.9 Å². The quantitative estimate of drug-likeness (QED) is 0.311.